The van der Waals surface area contributed by atoms with E-state index in [4.69, 9.17) is 19.5 Å². The number of methoxy groups -OCH3 is 2. The molecular weight excluding hydrogens is 366 g/mol. The predicted molar refractivity (Wildman–Crippen MR) is 117 cm³/mol. The van der Waals surface area contributed by atoms with Crippen LogP contribution in [-0.4, -0.2) is 48.2 Å². The van der Waals surface area contributed by atoms with Gasteiger partial charge in [-0.3, -0.25) is 0 Å². The summed E-state index contributed by atoms with van der Waals surface area (Å²) < 4.78 is 12.9. The van der Waals surface area contributed by atoms with Crippen molar-refractivity contribution in [3.63, 3.8) is 0 Å². The maximum atomic E-state index is 5.53. The van der Waals surface area contributed by atoms with E-state index in [1.807, 2.05) is 50.5 Å². The van der Waals surface area contributed by atoms with Crippen LogP contribution in [0, 0.1) is 0 Å². The van der Waals surface area contributed by atoms with E-state index in [1.165, 1.54) is 0 Å². The van der Waals surface area contributed by atoms with Gasteiger partial charge in [-0.2, -0.15) is 0 Å². The number of aliphatic imine (C=N–C) groups is 1. The number of ether oxygens (including phenoxy) is 2. The minimum absolute atomic E-state index is 0.498. The molecule has 7 heteroatoms. The van der Waals surface area contributed by atoms with Crippen LogP contribution in [0.15, 0.2) is 47.5 Å². The van der Waals surface area contributed by atoms with Crippen molar-refractivity contribution < 1.29 is 9.47 Å². The molecule has 2 aromatic carbocycles. The molecule has 0 unspecified atom stereocenters. The van der Waals surface area contributed by atoms with E-state index in [9.17, 15) is 0 Å². The third-order valence-electron chi connectivity index (χ3n) is 4.85. The molecule has 0 saturated heterocycles. The molecule has 0 radical (unpaired) electrons. The predicted octanol–water partition coefficient (Wildman–Crippen LogP) is 3.19. The van der Waals surface area contributed by atoms with Crippen molar-refractivity contribution in [1.29, 1.82) is 0 Å². The van der Waals surface area contributed by atoms with E-state index >= 15 is 0 Å². The molecule has 29 heavy (non-hydrogen) atoms. The number of aromatic nitrogens is 2. The Morgan fingerprint density at radius 2 is 1.97 bits per heavy atom. The minimum atomic E-state index is 0.498. The quantitative estimate of drug-likeness (QED) is 0.492. The molecule has 0 bridgehead atoms. The highest BCUT2D eigenvalue weighted by Crippen LogP contribution is 2.25. The molecule has 1 heterocycles. The van der Waals surface area contributed by atoms with E-state index < -0.39 is 0 Å². The van der Waals surface area contributed by atoms with E-state index in [0.29, 0.717) is 13.1 Å². The van der Waals surface area contributed by atoms with Gasteiger partial charge in [-0.15, -0.1) is 0 Å². The van der Waals surface area contributed by atoms with Crippen molar-refractivity contribution in [2.75, 3.05) is 27.8 Å². The van der Waals surface area contributed by atoms with Crippen LogP contribution in [-0.2, 0) is 20.1 Å². The smallest absolute Gasteiger partial charge is 0.194 e. The number of benzene rings is 2. The molecule has 0 aliphatic heterocycles. The van der Waals surface area contributed by atoms with Gasteiger partial charge in [0.1, 0.15) is 23.9 Å². The fraction of sp³-hybridized carbons (Fsp3) is 0.364. The number of nitrogens with one attached hydrogen (secondary N) is 1. The van der Waals surface area contributed by atoms with E-state index in [-0.39, 0.29) is 0 Å². The number of imidazole rings is 1. The standard InChI is InChI=1S/C22H29N5O2/c1-6-23-22(24-14-21-25-18-9-7-8-10-19(18)27(21)3)26(2)15-16-11-12-17(28-4)13-20(16)29-5/h7-13H,6,14-15H2,1-5H3,(H,23,24). The monoisotopic (exact) mass is 395 g/mol. The second kappa shape index (κ2) is 9.32. The summed E-state index contributed by atoms with van der Waals surface area (Å²) in [5, 5.41) is 3.36. The maximum absolute atomic E-state index is 5.53. The van der Waals surface area contributed by atoms with Crippen molar-refractivity contribution >= 4 is 17.0 Å². The maximum Gasteiger partial charge on any atom is 0.194 e. The zero-order valence-corrected chi connectivity index (χ0v) is 17.8. The van der Waals surface area contributed by atoms with Crippen molar-refractivity contribution in [1.82, 2.24) is 19.8 Å². The fourth-order valence-corrected chi connectivity index (χ4v) is 3.26. The number of aryl methyl sites for hydroxylation is 1. The Balaban J connectivity index is 1.80. The lowest BCUT2D eigenvalue weighted by atomic mass is 10.2. The highest BCUT2D eigenvalue weighted by Gasteiger charge is 2.12. The number of para-hydroxylation sites is 2. The molecule has 0 aliphatic rings. The van der Waals surface area contributed by atoms with Gasteiger partial charge in [0.05, 0.1) is 25.3 Å². The van der Waals surface area contributed by atoms with Gasteiger partial charge in [0.15, 0.2) is 5.96 Å². The van der Waals surface area contributed by atoms with Crippen molar-refractivity contribution in [3.8, 4) is 11.5 Å². The molecule has 0 aliphatic carbocycles. The number of nitrogens with zero attached hydrogens (tertiary/aromatic N) is 4. The number of hydrogen-bond acceptors (Lipinski definition) is 4. The summed E-state index contributed by atoms with van der Waals surface area (Å²) in [6.45, 7) is 4.00. The van der Waals surface area contributed by atoms with Gasteiger partial charge in [0, 0.05) is 38.8 Å². The van der Waals surface area contributed by atoms with Crippen LogP contribution in [0.1, 0.15) is 18.3 Å². The van der Waals surface area contributed by atoms with Crippen LogP contribution in [0.3, 0.4) is 0 Å². The lowest BCUT2D eigenvalue weighted by Gasteiger charge is -2.23. The molecular formula is C22H29N5O2. The summed E-state index contributed by atoms with van der Waals surface area (Å²) in [5.41, 5.74) is 3.16. The molecule has 3 rings (SSSR count). The lowest BCUT2D eigenvalue weighted by Crippen LogP contribution is -2.38. The second-order valence-electron chi connectivity index (χ2n) is 6.78. The molecule has 1 N–H and O–H groups in total. The van der Waals surface area contributed by atoms with Crippen LogP contribution < -0.4 is 14.8 Å². The summed E-state index contributed by atoms with van der Waals surface area (Å²) in [6, 6.07) is 14.0. The van der Waals surface area contributed by atoms with Gasteiger partial charge in [0.2, 0.25) is 0 Å². The number of hydrogen-bond donors (Lipinski definition) is 1. The first-order valence-corrected chi connectivity index (χ1v) is 9.68. The Bertz CT molecular complexity index is 996. The van der Waals surface area contributed by atoms with Crippen LogP contribution >= 0.6 is 0 Å². The summed E-state index contributed by atoms with van der Waals surface area (Å²) in [4.78, 5) is 11.6. The van der Waals surface area contributed by atoms with Crippen molar-refractivity contribution in [3.05, 3.63) is 53.9 Å². The summed E-state index contributed by atoms with van der Waals surface area (Å²) in [7, 11) is 7.36. The molecule has 1 aromatic heterocycles. The lowest BCUT2D eigenvalue weighted by molar-refractivity contribution is 0.382. The zero-order chi connectivity index (χ0) is 20.8. The summed E-state index contributed by atoms with van der Waals surface area (Å²) in [5.74, 6) is 3.31. The molecule has 0 atom stereocenters. The number of guanidine groups is 1. The van der Waals surface area contributed by atoms with Crippen LogP contribution in [0.4, 0.5) is 0 Å². The Hall–Kier alpha value is -3.22. The molecule has 7 nitrogen and oxygen atoms in total. The minimum Gasteiger partial charge on any atom is -0.497 e. The van der Waals surface area contributed by atoms with Gasteiger partial charge in [0.25, 0.3) is 0 Å². The first-order valence-electron chi connectivity index (χ1n) is 9.68. The molecule has 0 fully saturated rings. The second-order valence-corrected chi connectivity index (χ2v) is 6.78. The molecule has 0 saturated carbocycles. The van der Waals surface area contributed by atoms with Gasteiger partial charge in [-0.25, -0.2) is 9.98 Å². The van der Waals surface area contributed by atoms with Crippen molar-refractivity contribution in [2.45, 2.75) is 20.0 Å². The molecule has 0 spiro atoms. The third kappa shape index (κ3) is 4.62. The molecule has 154 valence electrons. The van der Waals surface area contributed by atoms with Crippen molar-refractivity contribution in [2.24, 2.45) is 12.0 Å². The van der Waals surface area contributed by atoms with Crippen LogP contribution in [0.2, 0.25) is 0 Å². The summed E-state index contributed by atoms with van der Waals surface area (Å²) >= 11 is 0. The first-order chi connectivity index (χ1) is 14.1. The van der Waals surface area contributed by atoms with E-state index in [2.05, 4.69) is 27.8 Å². The number of rotatable bonds is 7. The Morgan fingerprint density at radius 1 is 1.17 bits per heavy atom. The Labute approximate surface area is 172 Å². The average molecular weight is 396 g/mol. The third-order valence-corrected chi connectivity index (χ3v) is 4.85. The zero-order valence-electron chi connectivity index (χ0n) is 17.8. The highest BCUT2D eigenvalue weighted by atomic mass is 16.5. The largest absolute Gasteiger partial charge is 0.497 e. The summed E-state index contributed by atoms with van der Waals surface area (Å²) in [6.07, 6.45) is 0. The normalized spacial score (nSPS) is 11.6. The SMILES string of the molecule is CCNC(=NCc1nc2ccccc2n1C)N(C)Cc1ccc(OC)cc1OC. The first kappa shape index (κ1) is 20.5. The average Bonchev–Trinajstić information content (AvgIpc) is 3.07. The van der Waals surface area contributed by atoms with E-state index in [1.54, 1.807) is 14.2 Å². The fourth-order valence-electron chi connectivity index (χ4n) is 3.26. The number of fused-ring (bicyclic) bond motifs is 1. The topological polar surface area (TPSA) is 63.9 Å². The van der Waals surface area contributed by atoms with Gasteiger partial charge in [-0.05, 0) is 31.2 Å². The Morgan fingerprint density at radius 3 is 2.66 bits per heavy atom. The molecule has 3 aromatic rings. The van der Waals surface area contributed by atoms with Gasteiger partial charge >= 0.3 is 0 Å². The van der Waals surface area contributed by atoms with E-state index in [0.717, 1.165) is 46.4 Å². The molecule has 0 amide bonds. The van der Waals surface area contributed by atoms with Crippen LogP contribution in [0.5, 0.6) is 11.5 Å². The Kier molecular flexibility index (Phi) is 6.59. The highest BCUT2D eigenvalue weighted by molar-refractivity contribution is 5.80. The van der Waals surface area contributed by atoms with Gasteiger partial charge in [-0.1, -0.05) is 12.1 Å². The van der Waals surface area contributed by atoms with Gasteiger partial charge < -0.3 is 24.3 Å². The van der Waals surface area contributed by atoms with Crippen LogP contribution in [0.25, 0.3) is 11.0 Å².